The molecule has 0 bridgehead atoms. The van der Waals surface area contributed by atoms with E-state index in [0.29, 0.717) is 32.8 Å². The molecule has 0 unspecified atom stereocenters. The fourth-order valence-electron chi connectivity index (χ4n) is 1.72. The van der Waals surface area contributed by atoms with Crippen LogP contribution in [0.3, 0.4) is 0 Å². The Kier molecular flexibility index (Phi) is 2.65. The molecule has 3 nitrogen and oxygen atoms in total. The van der Waals surface area contributed by atoms with E-state index in [4.69, 9.17) is 33.4 Å². The van der Waals surface area contributed by atoms with Crippen LogP contribution in [0.25, 0.3) is 22.6 Å². The first-order chi connectivity index (χ1) is 8.63. The molecule has 0 radical (unpaired) electrons. The van der Waals surface area contributed by atoms with Crippen molar-refractivity contribution in [3.63, 3.8) is 0 Å². The smallest absolute Gasteiger partial charge is 0.228 e. The van der Waals surface area contributed by atoms with Crippen LogP contribution >= 0.6 is 23.2 Å². The standard InChI is InChI=1S/C13H8Cl2N2O/c14-7-1-3-9(10(15)5-7)13-17-11-4-2-8(16)6-12(11)18-13/h1-6H,16H2. The van der Waals surface area contributed by atoms with Crippen LogP contribution in [0, 0.1) is 0 Å². The number of nitrogens with two attached hydrogens (primary N) is 1. The van der Waals surface area contributed by atoms with E-state index < -0.39 is 0 Å². The molecule has 1 heterocycles. The van der Waals surface area contributed by atoms with Gasteiger partial charge in [0.25, 0.3) is 0 Å². The molecule has 18 heavy (non-hydrogen) atoms. The Morgan fingerprint density at radius 1 is 1.06 bits per heavy atom. The number of aromatic nitrogens is 1. The second-order valence-corrected chi connectivity index (χ2v) is 4.71. The van der Waals surface area contributed by atoms with E-state index >= 15 is 0 Å². The molecule has 2 aromatic carbocycles. The molecule has 5 heteroatoms. The topological polar surface area (TPSA) is 52.0 Å². The van der Waals surface area contributed by atoms with Gasteiger partial charge in [-0.25, -0.2) is 4.98 Å². The second kappa shape index (κ2) is 4.19. The minimum atomic E-state index is 0.456. The minimum absolute atomic E-state index is 0.456. The van der Waals surface area contributed by atoms with Gasteiger partial charge in [-0.05, 0) is 30.3 Å². The third-order valence-corrected chi connectivity index (χ3v) is 3.12. The summed E-state index contributed by atoms with van der Waals surface area (Å²) >= 11 is 12.0. The van der Waals surface area contributed by atoms with Gasteiger partial charge < -0.3 is 10.2 Å². The van der Waals surface area contributed by atoms with Crippen LogP contribution in [0.2, 0.25) is 10.0 Å². The molecule has 1 aromatic heterocycles. The van der Waals surface area contributed by atoms with Gasteiger partial charge in [0.2, 0.25) is 5.89 Å². The Bertz CT molecular complexity index is 737. The summed E-state index contributed by atoms with van der Waals surface area (Å²) in [6.07, 6.45) is 0. The van der Waals surface area contributed by atoms with Crippen LogP contribution in [0.15, 0.2) is 40.8 Å². The van der Waals surface area contributed by atoms with Crippen LogP contribution in [0.1, 0.15) is 0 Å². The number of hydrogen-bond acceptors (Lipinski definition) is 3. The second-order valence-electron chi connectivity index (χ2n) is 3.87. The van der Waals surface area contributed by atoms with Crippen molar-refractivity contribution >= 4 is 40.0 Å². The van der Waals surface area contributed by atoms with Crippen molar-refractivity contribution in [2.24, 2.45) is 0 Å². The van der Waals surface area contributed by atoms with E-state index in [9.17, 15) is 0 Å². The van der Waals surface area contributed by atoms with E-state index in [-0.39, 0.29) is 0 Å². The number of halogens is 2. The highest BCUT2D eigenvalue weighted by molar-refractivity contribution is 6.36. The molecule has 0 saturated heterocycles. The predicted molar refractivity (Wildman–Crippen MR) is 73.9 cm³/mol. The fourth-order valence-corrected chi connectivity index (χ4v) is 2.21. The van der Waals surface area contributed by atoms with Gasteiger partial charge in [-0.1, -0.05) is 23.2 Å². The van der Waals surface area contributed by atoms with Gasteiger partial charge in [0.05, 0.1) is 10.6 Å². The van der Waals surface area contributed by atoms with Crippen molar-refractivity contribution in [3.05, 3.63) is 46.4 Å². The summed E-state index contributed by atoms with van der Waals surface area (Å²) in [4.78, 5) is 4.36. The van der Waals surface area contributed by atoms with Crippen LogP contribution in [0.4, 0.5) is 5.69 Å². The number of rotatable bonds is 1. The molecule has 0 aliphatic carbocycles. The molecule has 90 valence electrons. The lowest BCUT2D eigenvalue weighted by Crippen LogP contribution is -1.81. The zero-order valence-electron chi connectivity index (χ0n) is 9.15. The maximum atomic E-state index is 6.11. The molecule has 0 fully saturated rings. The van der Waals surface area contributed by atoms with E-state index in [1.165, 1.54) is 0 Å². The zero-order valence-corrected chi connectivity index (χ0v) is 10.7. The van der Waals surface area contributed by atoms with Crippen molar-refractivity contribution in [2.45, 2.75) is 0 Å². The molecule has 0 saturated carbocycles. The fraction of sp³-hybridized carbons (Fsp3) is 0. The summed E-state index contributed by atoms with van der Waals surface area (Å²) in [7, 11) is 0. The largest absolute Gasteiger partial charge is 0.436 e. The summed E-state index contributed by atoms with van der Waals surface area (Å²) in [6.45, 7) is 0. The predicted octanol–water partition coefficient (Wildman–Crippen LogP) is 4.38. The van der Waals surface area contributed by atoms with E-state index in [0.717, 1.165) is 5.52 Å². The van der Waals surface area contributed by atoms with Gasteiger partial charge in [0.15, 0.2) is 5.58 Å². The van der Waals surface area contributed by atoms with Crippen molar-refractivity contribution in [2.75, 3.05) is 5.73 Å². The quantitative estimate of drug-likeness (QED) is 0.672. The Balaban J connectivity index is 2.19. The molecule has 3 aromatic rings. The summed E-state index contributed by atoms with van der Waals surface area (Å²) in [5.74, 6) is 0.456. The van der Waals surface area contributed by atoms with Crippen LogP contribution < -0.4 is 5.73 Å². The summed E-state index contributed by atoms with van der Waals surface area (Å²) < 4.78 is 5.64. The third kappa shape index (κ3) is 1.92. The number of benzene rings is 2. The first-order valence-electron chi connectivity index (χ1n) is 5.25. The highest BCUT2D eigenvalue weighted by atomic mass is 35.5. The minimum Gasteiger partial charge on any atom is -0.436 e. The molecular weight excluding hydrogens is 271 g/mol. The van der Waals surface area contributed by atoms with Crippen molar-refractivity contribution in [3.8, 4) is 11.5 Å². The lowest BCUT2D eigenvalue weighted by atomic mass is 10.2. The van der Waals surface area contributed by atoms with Crippen LogP contribution in [-0.2, 0) is 0 Å². The van der Waals surface area contributed by atoms with Gasteiger partial charge >= 0.3 is 0 Å². The molecule has 0 spiro atoms. The highest BCUT2D eigenvalue weighted by Crippen LogP contribution is 2.32. The maximum absolute atomic E-state index is 6.11. The summed E-state index contributed by atoms with van der Waals surface area (Å²) in [5, 5.41) is 1.08. The Labute approximate surface area is 113 Å². The number of nitrogen functional groups attached to an aromatic ring is 1. The van der Waals surface area contributed by atoms with Gasteiger partial charge in [-0.3, -0.25) is 0 Å². The molecule has 2 N–H and O–H groups in total. The highest BCUT2D eigenvalue weighted by Gasteiger charge is 2.11. The number of anilines is 1. The van der Waals surface area contributed by atoms with E-state index in [1.807, 2.05) is 6.07 Å². The number of oxazole rings is 1. The lowest BCUT2D eigenvalue weighted by Gasteiger charge is -1.99. The lowest BCUT2D eigenvalue weighted by molar-refractivity contribution is 0.620. The molecule has 0 amide bonds. The Morgan fingerprint density at radius 3 is 2.67 bits per heavy atom. The average Bonchev–Trinajstić information content (AvgIpc) is 2.71. The van der Waals surface area contributed by atoms with Gasteiger partial charge in [0, 0.05) is 16.8 Å². The summed E-state index contributed by atoms with van der Waals surface area (Å²) in [5.41, 5.74) is 8.40. The Morgan fingerprint density at radius 2 is 1.89 bits per heavy atom. The number of fused-ring (bicyclic) bond motifs is 1. The third-order valence-electron chi connectivity index (χ3n) is 2.57. The van der Waals surface area contributed by atoms with E-state index in [2.05, 4.69) is 4.98 Å². The maximum Gasteiger partial charge on any atom is 0.228 e. The molecule has 0 atom stereocenters. The molecule has 0 aliphatic heterocycles. The van der Waals surface area contributed by atoms with Gasteiger partial charge in [-0.15, -0.1) is 0 Å². The van der Waals surface area contributed by atoms with Crippen LogP contribution in [-0.4, -0.2) is 4.98 Å². The summed E-state index contributed by atoms with van der Waals surface area (Å²) in [6, 6.07) is 10.5. The average molecular weight is 279 g/mol. The zero-order chi connectivity index (χ0) is 12.7. The van der Waals surface area contributed by atoms with Crippen LogP contribution in [0.5, 0.6) is 0 Å². The number of nitrogens with zero attached hydrogens (tertiary/aromatic N) is 1. The van der Waals surface area contributed by atoms with Gasteiger partial charge in [-0.2, -0.15) is 0 Å². The number of hydrogen-bond donors (Lipinski definition) is 1. The van der Waals surface area contributed by atoms with Gasteiger partial charge in [0.1, 0.15) is 5.52 Å². The molecule has 0 aliphatic rings. The first kappa shape index (κ1) is 11.4. The van der Waals surface area contributed by atoms with E-state index in [1.54, 1.807) is 30.3 Å². The molecule has 3 rings (SSSR count). The molecular formula is C13H8Cl2N2O. The first-order valence-corrected chi connectivity index (χ1v) is 6.00. The van der Waals surface area contributed by atoms with Crippen molar-refractivity contribution < 1.29 is 4.42 Å². The monoisotopic (exact) mass is 278 g/mol. The van der Waals surface area contributed by atoms with Crippen molar-refractivity contribution in [1.29, 1.82) is 0 Å². The Hall–Kier alpha value is -1.71. The SMILES string of the molecule is Nc1ccc2nc(-c3ccc(Cl)cc3Cl)oc2c1. The van der Waals surface area contributed by atoms with Crippen molar-refractivity contribution in [1.82, 2.24) is 4.98 Å². The normalized spacial score (nSPS) is 11.0.